The maximum atomic E-state index is 8.93. The van der Waals surface area contributed by atoms with Gasteiger partial charge in [0.25, 0.3) is 0 Å². The van der Waals surface area contributed by atoms with Gasteiger partial charge in [0.1, 0.15) is 0 Å². The summed E-state index contributed by atoms with van der Waals surface area (Å²) < 4.78 is 1.04. The van der Waals surface area contributed by atoms with Crippen LogP contribution in [0.3, 0.4) is 0 Å². The summed E-state index contributed by atoms with van der Waals surface area (Å²) in [6.07, 6.45) is 4.05. The molecule has 3 rings (SSSR count). The smallest absolute Gasteiger partial charge is 0.0992 e. The molecule has 1 unspecified atom stereocenters. The van der Waals surface area contributed by atoms with Gasteiger partial charge >= 0.3 is 0 Å². The van der Waals surface area contributed by atoms with Crippen LogP contribution in [0.1, 0.15) is 24.8 Å². The first kappa shape index (κ1) is 13.0. The third-order valence-corrected chi connectivity index (χ3v) is 4.89. The summed E-state index contributed by atoms with van der Waals surface area (Å²) in [6.45, 7) is 4.63. The Morgan fingerprint density at radius 3 is 2.89 bits per heavy atom. The molecule has 2 aliphatic heterocycles. The van der Waals surface area contributed by atoms with E-state index in [9.17, 15) is 0 Å². The highest BCUT2D eigenvalue weighted by atomic mass is 79.9. The number of rotatable bonds is 1. The van der Waals surface area contributed by atoms with E-state index in [0.29, 0.717) is 11.6 Å². The highest BCUT2D eigenvalue weighted by molar-refractivity contribution is 9.10. The van der Waals surface area contributed by atoms with Crippen molar-refractivity contribution >= 4 is 21.6 Å². The van der Waals surface area contributed by atoms with Gasteiger partial charge in [-0.15, -0.1) is 0 Å². The number of piperazine rings is 1. The van der Waals surface area contributed by atoms with Gasteiger partial charge < -0.3 is 4.90 Å². The largest absolute Gasteiger partial charge is 0.368 e. The van der Waals surface area contributed by atoms with Crippen LogP contribution < -0.4 is 4.90 Å². The Hall–Kier alpha value is -1.05. The molecule has 1 atom stereocenters. The van der Waals surface area contributed by atoms with Crippen molar-refractivity contribution in [3.8, 4) is 6.07 Å². The average Bonchev–Trinajstić information content (AvgIpc) is 2.46. The zero-order valence-corrected chi connectivity index (χ0v) is 12.6. The summed E-state index contributed by atoms with van der Waals surface area (Å²) in [4.78, 5) is 5.09. The fourth-order valence-corrected chi connectivity index (χ4v) is 3.84. The molecular formula is C15H18BrN3. The minimum Gasteiger partial charge on any atom is -0.368 e. The molecule has 100 valence electrons. The normalized spacial score (nSPS) is 23.8. The van der Waals surface area contributed by atoms with Crippen LogP contribution in [0.25, 0.3) is 0 Å². The van der Waals surface area contributed by atoms with Gasteiger partial charge in [-0.3, -0.25) is 4.90 Å². The van der Waals surface area contributed by atoms with Crippen LogP contribution >= 0.6 is 15.9 Å². The van der Waals surface area contributed by atoms with Gasteiger partial charge in [-0.2, -0.15) is 5.26 Å². The summed E-state index contributed by atoms with van der Waals surface area (Å²) in [6, 6.07) is 8.80. The van der Waals surface area contributed by atoms with Crippen LogP contribution in [0.5, 0.6) is 0 Å². The number of nitrogens with zero attached hydrogens (tertiary/aromatic N) is 3. The van der Waals surface area contributed by atoms with E-state index in [-0.39, 0.29) is 0 Å². The fraction of sp³-hybridized carbons (Fsp3) is 0.533. The maximum absolute atomic E-state index is 8.93. The number of nitriles is 1. The molecule has 1 aromatic rings. The summed E-state index contributed by atoms with van der Waals surface area (Å²) in [5.74, 6) is 0. The lowest BCUT2D eigenvalue weighted by atomic mass is 9.99. The first-order valence-corrected chi connectivity index (χ1v) is 7.76. The van der Waals surface area contributed by atoms with Crippen molar-refractivity contribution in [2.75, 3.05) is 31.1 Å². The number of anilines is 1. The predicted molar refractivity (Wildman–Crippen MR) is 80.3 cm³/mol. The molecule has 2 aliphatic rings. The molecule has 1 aromatic carbocycles. The van der Waals surface area contributed by atoms with Crippen molar-refractivity contribution in [2.45, 2.75) is 25.3 Å². The second-order valence-electron chi connectivity index (χ2n) is 5.41. The standard InChI is InChI=1S/C15H18BrN3/c16-14-9-12(10-17)4-5-15(14)19-8-7-18-6-2-1-3-13(18)11-19/h4-5,9,13H,1-3,6-8,11H2. The molecule has 2 saturated heterocycles. The number of hydrogen-bond donors (Lipinski definition) is 0. The summed E-state index contributed by atoms with van der Waals surface area (Å²) in [5, 5.41) is 8.93. The minimum absolute atomic E-state index is 0.713. The summed E-state index contributed by atoms with van der Waals surface area (Å²) >= 11 is 3.61. The Bertz CT molecular complexity index is 509. The highest BCUT2D eigenvalue weighted by Gasteiger charge is 2.29. The second-order valence-corrected chi connectivity index (χ2v) is 6.26. The zero-order chi connectivity index (χ0) is 13.2. The van der Waals surface area contributed by atoms with E-state index < -0.39 is 0 Å². The molecule has 0 N–H and O–H groups in total. The molecule has 0 aliphatic carbocycles. The minimum atomic E-state index is 0.713. The molecule has 0 radical (unpaired) electrons. The number of fused-ring (bicyclic) bond motifs is 1. The number of hydrogen-bond acceptors (Lipinski definition) is 3. The van der Waals surface area contributed by atoms with Crippen LogP contribution in [-0.2, 0) is 0 Å². The lowest BCUT2D eigenvalue weighted by molar-refractivity contribution is 0.133. The van der Waals surface area contributed by atoms with E-state index in [1.165, 1.54) is 31.5 Å². The molecule has 0 bridgehead atoms. The van der Waals surface area contributed by atoms with Crippen LogP contribution in [0.2, 0.25) is 0 Å². The zero-order valence-electron chi connectivity index (χ0n) is 11.0. The van der Waals surface area contributed by atoms with Crippen molar-refractivity contribution in [1.29, 1.82) is 5.26 Å². The molecular weight excluding hydrogens is 302 g/mol. The van der Waals surface area contributed by atoms with Gasteiger partial charge in [-0.05, 0) is 53.5 Å². The maximum Gasteiger partial charge on any atom is 0.0992 e. The molecule has 2 fully saturated rings. The third kappa shape index (κ3) is 2.63. The Labute approximate surface area is 122 Å². The lowest BCUT2D eigenvalue weighted by Gasteiger charge is -2.45. The lowest BCUT2D eigenvalue weighted by Crippen LogP contribution is -2.55. The van der Waals surface area contributed by atoms with E-state index >= 15 is 0 Å². The van der Waals surface area contributed by atoms with E-state index in [2.05, 4.69) is 37.9 Å². The molecule has 19 heavy (non-hydrogen) atoms. The van der Waals surface area contributed by atoms with Crippen molar-refractivity contribution in [1.82, 2.24) is 4.90 Å². The molecule has 0 amide bonds. The van der Waals surface area contributed by atoms with Crippen molar-refractivity contribution in [2.24, 2.45) is 0 Å². The first-order chi connectivity index (χ1) is 9.28. The Balaban J connectivity index is 1.78. The Morgan fingerprint density at radius 1 is 1.21 bits per heavy atom. The van der Waals surface area contributed by atoms with Crippen molar-refractivity contribution < 1.29 is 0 Å². The van der Waals surface area contributed by atoms with Crippen LogP contribution in [0.4, 0.5) is 5.69 Å². The predicted octanol–water partition coefficient (Wildman–Crippen LogP) is 3.00. The topological polar surface area (TPSA) is 30.3 Å². The van der Waals surface area contributed by atoms with E-state index in [0.717, 1.165) is 24.1 Å². The fourth-order valence-electron chi connectivity index (χ4n) is 3.21. The molecule has 0 saturated carbocycles. The summed E-state index contributed by atoms with van der Waals surface area (Å²) in [5.41, 5.74) is 1.94. The monoisotopic (exact) mass is 319 g/mol. The highest BCUT2D eigenvalue weighted by Crippen LogP contribution is 2.30. The Morgan fingerprint density at radius 2 is 2.11 bits per heavy atom. The molecule has 2 heterocycles. The molecule has 0 aromatic heterocycles. The van der Waals surface area contributed by atoms with E-state index in [1.807, 2.05) is 12.1 Å². The van der Waals surface area contributed by atoms with Gasteiger partial charge in [-0.25, -0.2) is 0 Å². The van der Waals surface area contributed by atoms with Crippen LogP contribution in [0, 0.1) is 11.3 Å². The van der Waals surface area contributed by atoms with Gasteiger partial charge in [0, 0.05) is 30.1 Å². The molecule has 4 heteroatoms. The number of piperidine rings is 1. The van der Waals surface area contributed by atoms with E-state index in [1.54, 1.807) is 0 Å². The van der Waals surface area contributed by atoms with Crippen LogP contribution in [0.15, 0.2) is 22.7 Å². The van der Waals surface area contributed by atoms with Gasteiger partial charge in [0.2, 0.25) is 0 Å². The van der Waals surface area contributed by atoms with Crippen molar-refractivity contribution in [3.63, 3.8) is 0 Å². The van der Waals surface area contributed by atoms with Crippen LogP contribution in [-0.4, -0.2) is 37.1 Å². The molecule has 0 spiro atoms. The Kier molecular flexibility index (Phi) is 3.76. The average molecular weight is 320 g/mol. The molecule has 3 nitrogen and oxygen atoms in total. The SMILES string of the molecule is N#Cc1ccc(N2CCN3CCCCC3C2)c(Br)c1. The first-order valence-electron chi connectivity index (χ1n) is 6.96. The quantitative estimate of drug-likeness (QED) is 0.797. The van der Waals surface area contributed by atoms with Gasteiger partial charge in [0.15, 0.2) is 0 Å². The van der Waals surface area contributed by atoms with Gasteiger partial charge in [0.05, 0.1) is 17.3 Å². The number of benzene rings is 1. The summed E-state index contributed by atoms with van der Waals surface area (Å²) in [7, 11) is 0. The van der Waals surface area contributed by atoms with Gasteiger partial charge in [-0.1, -0.05) is 6.42 Å². The third-order valence-electron chi connectivity index (χ3n) is 4.25. The van der Waals surface area contributed by atoms with E-state index in [4.69, 9.17) is 5.26 Å². The second kappa shape index (κ2) is 5.52. The van der Waals surface area contributed by atoms with Crippen molar-refractivity contribution in [3.05, 3.63) is 28.2 Å². The number of halogens is 1.